The van der Waals surface area contributed by atoms with Gasteiger partial charge in [-0.15, -0.1) is 0 Å². The van der Waals surface area contributed by atoms with Gasteiger partial charge in [-0.2, -0.15) is 0 Å². The summed E-state index contributed by atoms with van der Waals surface area (Å²) in [5.41, 5.74) is 5.71. The van der Waals surface area contributed by atoms with Crippen LogP contribution in [0, 0.1) is 0 Å². The van der Waals surface area contributed by atoms with Crippen LogP contribution >= 0.6 is 0 Å². The van der Waals surface area contributed by atoms with E-state index in [1.54, 1.807) is 6.26 Å². The van der Waals surface area contributed by atoms with Crippen molar-refractivity contribution in [2.45, 2.75) is 6.04 Å². The largest absolute Gasteiger partial charge is 0.468 e. The maximum atomic E-state index is 5.71. The van der Waals surface area contributed by atoms with Crippen LogP contribution in [0.5, 0.6) is 0 Å². The van der Waals surface area contributed by atoms with Gasteiger partial charge in [-0.05, 0) is 12.1 Å². The molecule has 0 saturated heterocycles. The van der Waals surface area contributed by atoms with E-state index in [2.05, 4.69) is 17.1 Å². The third-order valence-corrected chi connectivity index (χ3v) is 2.38. The van der Waals surface area contributed by atoms with Gasteiger partial charge in [0.15, 0.2) is 0 Å². The highest BCUT2D eigenvalue weighted by Crippen LogP contribution is 2.21. The van der Waals surface area contributed by atoms with E-state index in [4.69, 9.17) is 10.2 Å². The number of hydrogen-bond donors (Lipinski definition) is 1. The molecule has 3 heteroatoms. The fraction of sp³-hybridized carbons (Fsp3) is 0.400. The fourth-order valence-corrected chi connectivity index (χ4v) is 1.67. The highest BCUT2D eigenvalue weighted by atomic mass is 16.3. The minimum atomic E-state index is 0.227. The van der Waals surface area contributed by atoms with Crippen LogP contribution in [0.4, 0.5) is 0 Å². The normalized spacial score (nSPS) is 19.5. The van der Waals surface area contributed by atoms with Crippen LogP contribution in [0.15, 0.2) is 35.0 Å². The first-order chi connectivity index (χ1) is 6.42. The zero-order chi connectivity index (χ0) is 9.10. The van der Waals surface area contributed by atoms with E-state index in [0.717, 1.165) is 18.8 Å². The van der Waals surface area contributed by atoms with E-state index in [0.29, 0.717) is 6.54 Å². The van der Waals surface area contributed by atoms with Crippen molar-refractivity contribution in [3.05, 3.63) is 36.3 Å². The Hall–Kier alpha value is -1.06. The Morgan fingerprint density at radius 3 is 2.77 bits per heavy atom. The standard InChI is InChI=1S/C10H14N2O/c11-8-9(10-4-3-7-13-10)12-5-1-2-6-12/h1-4,7,9H,5-6,8,11H2. The van der Waals surface area contributed by atoms with E-state index < -0.39 is 0 Å². The van der Waals surface area contributed by atoms with Gasteiger partial charge >= 0.3 is 0 Å². The third kappa shape index (κ3) is 1.66. The monoisotopic (exact) mass is 178 g/mol. The second-order valence-electron chi connectivity index (χ2n) is 3.19. The van der Waals surface area contributed by atoms with Crippen LogP contribution in [0.3, 0.4) is 0 Å². The summed E-state index contributed by atoms with van der Waals surface area (Å²) in [5.74, 6) is 0.964. The molecule has 1 aliphatic heterocycles. The minimum absolute atomic E-state index is 0.227. The highest BCUT2D eigenvalue weighted by Gasteiger charge is 2.21. The lowest BCUT2D eigenvalue weighted by Gasteiger charge is -2.23. The predicted molar refractivity (Wildman–Crippen MR) is 51.2 cm³/mol. The average Bonchev–Trinajstić information content (AvgIpc) is 2.76. The van der Waals surface area contributed by atoms with Crippen LogP contribution in [-0.2, 0) is 0 Å². The smallest absolute Gasteiger partial charge is 0.122 e. The lowest BCUT2D eigenvalue weighted by atomic mass is 10.2. The maximum absolute atomic E-state index is 5.71. The number of rotatable bonds is 3. The lowest BCUT2D eigenvalue weighted by Crippen LogP contribution is -2.31. The molecule has 3 nitrogen and oxygen atoms in total. The molecule has 2 N–H and O–H groups in total. The van der Waals surface area contributed by atoms with Gasteiger partial charge in [0.05, 0.1) is 12.3 Å². The molecule has 1 atom stereocenters. The van der Waals surface area contributed by atoms with Crippen LogP contribution < -0.4 is 5.73 Å². The van der Waals surface area contributed by atoms with Crippen LogP contribution in [0.2, 0.25) is 0 Å². The Labute approximate surface area is 77.8 Å². The van der Waals surface area contributed by atoms with E-state index in [1.165, 1.54) is 0 Å². The van der Waals surface area contributed by atoms with Crippen molar-refractivity contribution in [1.82, 2.24) is 4.90 Å². The maximum Gasteiger partial charge on any atom is 0.122 e. The van der Waals surface area contributed by atoms with Gasteiger partial charge in [0.2, 0.25) is 0 Å². The summed E-state index contributed by atoms with van der Waals surface area (Å²) in [6.45, 7) is 2.56. The summed E-state index contributed by atoms with van der Waals surface area (Å²) < 4.78 is 5.35. The molecular formula is C10H14N2O. The molecule has 2 rings (SSSR count). The van der Waals surface area contributed by atoms with Gasteiger partial charge in [-0.1, -0.05) is 12.2 Å². The first-order valence-corrected chi connectivity index (χ1v) is 4.54. The van der Waals surface area contributed by atoms with Crippen molar-refractivity contribution < 1.29 is 4.42 Å². The predicted octanol–water partition coefficient (Wildman–Crippen LogP) is 1.15. The topological polar surface area (TPSA) is 42.4 Å². The van der Waals surface area contributed by atoms with Crippen molar-refractivity contribution in [3.8, 4) is 0 Å². The van der Waals surface area contributed by atoms with Gasteiger partial charge in [0.1, 0.15) is 5.76 Å². The zero-order valence-corrected chi connectivity index (χ0v) is 7.52. The van der Waals surface area contributed by atoms with E-state index >= 15 is 0 Å². The molecule has 1 aliphatic rings. The molecule has 70 valence electrons. The Balaban J connectivity index is 2.09. The first kappa shape index (κ1) is 8.53. The van der Waals surface area contributed by atoms with Crippen LogP contribution in [0.1, 0.15) is 11.8 Å². The van der Waals surface area contributed by atoms with Gasteiger partial charge in [0.25, 0.3) is 0 Å². The second-order valence-corrected chi connectivity index (χ2v) is 3.19. The van der Waals surface area contributed by atoms with Crippen LogP contribution in [0.25, 0.3) is 0 Å². The average molecular weight is 178 g/mol. The summed E-state index contributed by atoms with van der Waals surface area (Å²) in [5, 5.41) is 0. The summed E-state index contributed by atoms with van der Waals surface area (Å²) in [6.07, 6.45) is 6.01. The first-order valence-electron chi connectivity index (χ1n) is 4.54. The third-order valence-electron chi connectivity index (χ3n) is 2.38. The van der Waals surface area contributed by atoms with Gasteiger partial charge < -0.3 is 10.2 Å². The second kappa shape index (κ2) is 3.77. The lowest BCUT2D eigenvalue weighted by molar-refractivity contribution is 0.229. The molecule has 1 aromatic rings. The summed E-state index contributed by atoms with van der Waals surface area (Å²) in [6, 6.07) is 4.11. The van der Waals surface area contributed by atoms with E-state index in [-0.39, 0.29) is 6.04 Å². The molecule has 0 aliphatic carbocycles. The fourth-order valence-electron chi connectivity index (χ4n) is 1.67. The molecule has 0 radical (unpaired) electrons. The molecule has 0 fully saturated rings. The molecule has 0 amide bonds. The van der Waals surface area contributed by atoms with Crippen molar-refractivity contribution >= 4 is 0 Å². The molecule has 13 heavy (non-hydrogen) atoms. The zero-order valence-electron chi connectivity index (χ0n) is 7.52. The van der Waals surface area contributed by atoms with E-state index in [1.807, 2.05) is 12.1 Å². The number of nitrogens with zero attached hydrogens (tertiary/aromatic N) is 1. The van der Waals surface area contributed by atoms with Crippen LogP contribution in [-0.4, -0.2) is 24.5 Å². The summed E-state index contributed by atoms with van der Waals surface area (Å²) >= 11 is 0. The number of furan rings is 1. The summed E-state index contributed by atoms with van der Waals surface area (Å²) in [4.78, 5) is 2.29. The van der Waals surface area contributed by atoms with Crippen molar-refractivity contribution in [1.29, 1.82) is 0 Å². The molecule has 0 bridgehead atoms. The minimum Gasteiger partial charge on any atom is -0.468 e. The number of nitrogens with two attached hydrogens (primary N) is 1. The summed E-state index contributed by atoms with van der Waals surface area (Å²) in [7, 11) is 0. The SMILES string of the molecule is NCC(c1ccco1)N1CC=CC1. The Morgan fingerprint density at radius 1 is 1.46 bits per heavy atom. The van der Waals surface area contributed by atoms with Gasteiger partial charge in [0, 0.05) is 19.6 Å². The molecule has 1 unspecified atom stereocenters. The van der Waals surface area contributed by atoms with Crippen molar-refractivity contribution in [2.24, 2.45) is 5.73 Å². The quantitative estimate of drug-likeness (QED) is 0.706. The molecule has 2 heterocycles. The molecule has 0 spiro atoms. The Kier molecular flexibility index (Phi) is 2.47. The molecule has 0 aromatic carbocycles. The number of hydrogen-bond acceptors (Lipinski definition) is 3. The Bertz CT molecular complexity index is 271. The highest BCUT2D eigenvalue weighted by molar-refractivity contribution is 5.09. The van der Waals surface area contributed by atoms with Gasteiger partial charge in [-0.25, -0.2) is 0 Å². The van der Waals surface area contributed by atoms with Crippen molar-refractivity contribution in [2.75, 3.05) is 19.6 Å². The Morgan fingerprint density at radius 2 is 2.23 bits per heavy atom. The van der Waals surface area contributed by atoms with Crippen molar-refractivity contribution in [3.63, 3.8) is 0 Å². The molecular weight excluding hydrogens is 164 g/mol. The van der Waals surface area contributed by atoms with E-state index in [9.17, 15) is 0 Å². The van der Waals surface area contributed by atoms with Gasteiger partial charge in [-0.3, -0.25) is 4.90 Å². The molecule has 0 saturated carbocycles. The molecule has 1 aromatic heterocycles.